The fraction of sp³-hybridized carbons (Fsp3) is 1.00. The maximum absolute atomic E-state index is 5.77. The summed E-state index contributed by atoms with van der Waals surface area (Å²) in [6.07, 6.45) is 39.2. The summed E-state index contributed by atoms with van der Waals surface area (Å²) in [5, 5.41) is 0. The maximum atomic E-state index is 5.77. The lowest BCUT2D eigenvalue weighted by molar-refractivity contribution is -0.380. The van der Waals surface area contributed by atoms with Crippen LogP contribution in [0.3, 0.4) is 0 Å². The highest BCUT2D eigenvalue weighted by Gasteiger charge is 2.39. The lowest BCUT2D eigenvalue weighted by Crippen LogP contribution is -2.44. The molecule has 6 nitrogen and oxygen atoms in total. The minimum absolute atomic E-state index is 0.212. The van der Waals surface area contributed by atoms with E-state index in [1.807, 2.05) is 0 Å². The molecule has 0 saturated carbocycles. The van der Waals surface area contributed by atoms with Gasteiger partial charge in [0, 0.05) is 47.1 Å². The molecule has 1 rings (SSSR count). The lowest BCUT2D eigenvalue weighted by Gasteiger charge is -2.36. The highest BCUT2D eigenvalue weighted by atomic mass is 16.9. The molecular weight excluding hydrogens is 612 g/mol. The van der Waals surface area contributed by atoms with E-state index in [1.165, 1.54) is 167 Å². The number of rotatable bonds is 39. The van der Waals surface area contributed by atoms with Crippen molar-refractivity contribution >= 4 is 0 Å². The maximum Gasteiger partial charge on any atom is 0.285 e. The first-order valence-corrected chi connectivity index (χ1v) is 21.6. The molecule has 0 spiro atoms. The molecule has 0 aromatic rings. The van der Waals surface area contributed by atoms with Gasteiger partial charge in [-0.1, -0.05) is 175 Å². The largest absolute Gasteiger partial charge is 0.381 e. The van der Waals surface area contributed by atoms with Crippen molar-refractivity contribution in [3.63, 3.8) is 0 Å². The summed E-state index contributed by atoms with van der Waals surface area (Å²) in [6, 6.07) is 0. The summed E-state index contributed by atoms with van der Waals surface area (Å²) in [5.74, 6) is -0.729. The molecule has 0 aliphatic carbocycles. The second kappa shape index (κ2) is 39.0. The zero-order valence-corrected chi connectivity index (χ0v) is 34.1. The Morgan fingerprint density at radius 2 is 0.776 bits per heavy atom. The van der Waals surface area contributed by atoms with E-state index in [4.69, 9.17) is 28.4 Å². The van der Waals surface area contributed by atoms with Crippen molar-refractivity contribution in [3.8, 4) is 0 Å². The number of hydrogen-bond donors (Lipinski definition) is 0. The summed E-state index contributed by atoms with van der Waals surface area (Å²) in [6.45, 7) is 11.1. The van der Waals surface area contributed by atoms with Crippen LogP contribution in [0.2, 0.25) is 0 Å². The second-order valence-corrected chi connectivity index (χ2v) is 14.6. The van der Waals surface area contributed by atoms with Crippen LogP contribution in [0, 0.1) is 5.92 Å². The Hall–Kier alpha value is -0.240. The molecule has 1 aliphatic rings. The van der Waals surface area contributed by atoms with E-state index in [1.54, 1.807) is 21.3 Å². The normalized spacial score (nSPS) is 14.9. The molecular formula is C43H88O6. The van der Waals surface area contributed by atoms with Crippen LogP contribution in [-0.4, -0.2) is 66.4 Å². The van der Waals surface area contributed by atoms with Crippen molar-refractivity contribution in [2.75, 3.05) is 54.4 Å². The third-order valence-electron chi connectivity index (χ3n) is 10.1. The van der Waals surface area contributed by atoms with Crippen molar-refractivity contribution in [2.24, 2.45) is 5.92 Å². The molecule has 296 valence electrons. The van der Waals surface area contributed by atoms with Crippen LogP contribution in [0.1, 0.15) is 207 Å². The molecule has 2 atom stereocenters. The minimum atomic E-state index is -0.941. The predicted octanol–water partition coefficient (Wildman–Crippen LogP) is 13.0. The summed E-state index contributed by atoms with van der Waals surface area (Å²) < 4.78 is 33.3. The Morgan fingerprint density at radius 3 is 1.14 bits per heavy atom. The molecule has 0 amide bonds. The molecule has 0 aromatic carbocycles. The van der Waals surface area contributed by atoms with E-state index < -0.39 is 5.97 Å². The van der Waals surface area contributed by atoms with Gasteiger partial charge in [-0.15, -0.1) is 0 Å². The van der Waals surface area contributed by atoms with E-state index in [9.17, 15) is 0 Å². The zero-order chi connectivity index (χ0) is 35.9. The van der Waals surface area contributed by atoms with Crippen molar-refractivity contribution < 1.29 is 28.4 Å². The van der Waals surface area contributed by atoms with Crippen LogP contribution in [0.4, 0.5) is 0 Å². The van der Waals surface area contributed by atoms with Gasteiger partial charge >= 0.3 is 0 Å². The highest BCUT2D eigenvalue weighted by Crippen LogP contribution is 2.32. The van der Waals surface area contributed by atoms with Gasteiger partial charge in [0.25, 0.3) is 5.97 Å². The van der Waals surface area contributed by atoms with E-state index in [-0.39, 0.29) is 5.92 Å². The first kappa shape index (κ1) is 48.8. The molecule has 2 unspecified atom stereocenters. The predicted molar refractivity (Wildman–Crippen MR) is 210 cm³/mol. The first-order valence-electron chi connectivity index (χ1n) is 21.6. The van der Waals surface area contributed by atoms with Crippen LogP contribution in [-0.2, 0) is 28.4 Å². The summed E-state index contributed by atoms with van der Waals surface area (Å²) in [7, 11) is 4.96. The van der Waals surface area contributed by atoms with Gasteiger partial charge in [-0.05, 0) is 32.1 Å². The van der Waals surface area contributed by atoms with E-state index in [0.29, 0.717) is 12.7 Å². The van der Waals surface area contributed by atoms with Gasteiger partial charge in [0.05, 0.1) is 13.2 Å². The Labute approximate surface area is 307 Å². The van der Waals surface area contributed by atoms with E-state index in [0.717, 1.165) is 45.7 Å². The topological polar surface area (TPSA) is 58.7 Å². The van der Waals surface area contributed by atoms with E-state index in [2.05, 4.69) is 20.8 Å². The smallest absolute Gasteiger partial charge is 0.285 e. The Kier molecular flexibility index (Phi) is 38.8. The molecule has 1 aliphatic heterocycles. The van der Waals surface area contributed by atoms with Crippen molar-refractivity contribution in [3.05, 3.63) is 0 Å². The molecule has 1 saturated heterocycles. The van der Waals surface area contributed by atoms with Crippen molar-refractivity contribution in [1.82, 2.24) is 0 Å². The van der Waals surface area contributed by atoms with Crippen molar-refractivity contribution in [2.45, 2.75) is 219 Å². The van der Waals surface area contributed by atoms with Crippen LogP contribution in [0.15, 0.2) is 0 Å². The lowest BCUT2D eigenvalue weighted by atomic mass is 9.93. The average Bonchev–Trinajstić information content (AvgIpc) is 3.96. The van der Waals surface area contributed by atoms with Crippen LogP contribution in [0.25, 0.3) is 0 Å². The number of ether oxygens (including phenoxy) is 6. The highest BCUT2D eigenvalue weighted by molar-refractivity contribution is 4.72. The third kappa shape index (κ3) is 32.2. The van der Waals surface area contributed by atoms with Gasteiger partial charge in [-0.3, -0.25) is 0 Å². The number of unbranched alkanes of at least 4 members (excludes halogenated alkanes) is 23. The van der Waals surface area contributed by atoms with Gasteiger partial charge < -0.3 is 28.4 Å². The number of methoxy groups -OCH3 is 3. The summed E-state index contributed by atoms with van der Waals surface area (Å²) in [5.41, 5.74) is 0. The van der Waals surface area contributed by atoms with Crippen LogP contribution >= 0.6 is 0 Å². The second-order valence-electron chi connectivity index (χ2n) is 14.6. The Bertz CT molecular complexity index is 579. The molecule has 0 N–H and O–H groups in total. The van der Waals surface area contributed by atoms with Crippen LogP contribution < -0.4 is 0 Å². The van der Waals surface area contributed by atoms with Gasteiger partial charge in [-0.25, -0.2) is 0 Å². The fourth-order valence-corrected chi connectivity index (χ4v) is 6.71. The van der Waals surface area contributed by atoms with Gasteiger partial charge in [0.1, 0.15) is 6.10 Å². The standard InChI is InChI=1S/C24H50O.C19H38O5/c1-3-5-7-9-11-13-14-15-16-18-20-22-24-25-23-21-19-17-12-10-8-6-4-2;1-5-6-7-8-9-10-12-17(19(20-2,21-3)22-4)13-11-14-23-15-18-16-24-18/h3-24H2,1-2H3;17-18H,5-16H2,1-4H3. The zero-order valence-electron chi connectivity index (χ0n) is 34.1. The number of epoxide rings is 1. The summed E-state index contributed by atoms with van der Waals surface area (Å²) in [4.78, 5) is 0. The monoisotopic (exact) mass is 701 g/mol. The SMILES string of the molecule is CCCCCCCCC(CCCOCC1CO1)C(OC)(OC)OC.CCCCCCCCCCCCCCOCCCCCCCCCC. The first-order chi connectivity index (χ1) is 24.1. The molecule has 0 bridgehead atoms. The summed E-state index contributed by atoms with van der Waals surface area (Å²) >= 11 is 0. The molecule has 1 heterocycles. The minimum Gasteiger partial charge on any atom is -0.381 e. The van der Waals surface area contributed by atoms with Gasteiger partial charge in [0.2, 0.25) is 0 Å². The fourth-order valence-electron chi connectivity index (χ4n) is 6.71. The van der Waals surface area contributed by atoms with Crippen LogP contribution in [0.5, 0.6) is 0 Å². The Morgan fingerprint density at radius 1 is 0.449 bits per heavy atom. The molecule has 49 heavy (non-hydrogen) atoms. The van der Waals surface area contributed by atoms with Crippen molar-refractivity contribution in [1.29, 1.82) is 0 Å². The quantitative estimate of drug-likeness (QED) is 0.0361. The third-order valence-corrected chi connectivity index (χ3v) is 10.1. The number of hydrogen-bond acceptors (Lipinski definition) is 6. The Balaban J connectivity index is 0.000000941. The average molecular weight is 701 g/mol. The van der Waals surface area contributed by atoms with Gasteiger partial charge in [0.15, 0.2) is 0 Å². The molecule has 0 radical (unpaired) electrons. The van der Waals surface area contributed by atoms with E-state index >= 15 is 0 Å². The molecule has 1 fully saturated rings. The molecule has 0 aromatic heterocycles. The molecule has 6 heteroatoms. The van der Waals surface area contributed by atoms with Gasteiger partial charge in [-0.2, -0.15) is 0 Å².